The van der Waals surface area contributed by atoms with Gasteiger partial charge in [0.1, 0.15) is 0 Å². The number of nitrogens with one attached hydrogen (secondary N) is 1. The van der Waals surface area contributed by atoms with Gasteiger partial charge in [-0.2, -0.15) is 11.8 Å². The lowest BCUT2D eigenvalue weighted by atomic mass is 9.82. The van der Waals surface area contributed by atoms with Gasteiger partial charge >= 0.3 is 0 Å². The molecule has 0 aromatic rings. The molecule has 0 saturated carbocycles. The first-order chi connectivity index (χ1) is 6.17. The van der Waals surface area contributed by atoms with E-state index in [1.807, 2.05) is 0 Å². The molecule has 13 heavy (non-hydrogen) atoms. The third-order valence-electron chi connectivity index (χ3n) is 2.89. The Balaban J connectivity index is 2.29. The van der Waals surface area contributed by atoms with Crippen molar-refractivity contribution < 1.29 is 0 Å². The average molecular weight is 202 g/mol. The lowest BCUT2D eigenvalue weighted by Gasteiger charge is -2.38. The molecule has 0 aliphatic carbocycles. The smallest absolute Gasteiger partial charge is 0.0209 e. The largest absolute Gasteiger partial charge is 0.330 e. The van der Waals surface area contributed by atoms with Crippen molar-refractivity contribution in [2.24, 2.45) is 11.1 Å². The van der Waals surface area contributed by atoms with Gasteiger partial charge in [-0.1, -0.05) is 13.8 Å². The molecule has 1 rings (SSSR count). The molecule has 1 saturated heterocycles. The van der Waals surface area contributed by atoms with E-state index in [-0.39, 0.29) is 0 Å². The highest BCUT2D eigenvalue weighted by Crippen LogP contribution is 2.33. The first kappa shape index (κ1) is 11.3. The standard InChI is InChI=1S/C10H22N2S/c1-10(2)4-7-13-8-9(10)12-6-3-5-11/h9,12H,3-8,11H2,1-2H3. The maximum absolute atomic E-state index is 5.47. The van der Waals surface area contributed by atoms with Gasteiger partial charge in [-0.25, -0.2) is 0 Å². The van der Waals surface area contributed by atoms with Gasteiger partial charge < -0.3 is 11.1 Å². The fourth-order valence-electron chi connectivity index (χ4n) is 1.65. The Morgan fingerprint density at radius 3 is 2.92 bits per heavy atom. The maximum atomic E-state index is 5.47. The molecule has 0 aromatic heterocycles. The summed E-state index contributed by atoms with van der Waals surface area (Å²) >= 11 is 2.07. The molecule has 0 aromatic carbocycles. The molecule has 3 N–H and O–H groups in total. The molecular formula is C10H22N2S. The summed E-state index contributed by atoms with van der Waals surface area (Å²) < 4.78 is 0. The van der Waals surface area contributed by atoms with Crippen LogP contribution in [0.4, 0.5) is 0 Å². The van der Waals surface area contributed by atoms with Gasteiger partial charge in [0.15, 0.2) is 0 Å². The summed E-state index contributed by atoms with van der Waals surface area (Å²) in [6, 6.07) is 0.679. The second-order valence-electron chi connectivity index (χ2n) is 4.46. The zero-order valence-corrected chi connectivity index (χ0v) is 9.62. The second-order valence-corrected chi connectivity index (χ2v) is 5.61. The molecule has 1 aliphatic heterocycles. The van der Waals surface area contributed by atoms with E-state index in [0.717, 1.165) is 19.5 Å². The summed E-state index contributed by atoms with van der Waals surface area (Å²) in [7, 11) is 0. The Morgan fingerprint density at radius 1 is 1.54 bits per heavy atom. The van der Waals surface area contributed by atoms with Crippen molar-refractivity contribution >= 4 is 11.8 Å². The molecule has 0 amide bonds. The van der Waals surface area contributed by atoms with Crippen molar-refractivity contribution in [3.8, 4) is 0 Å². The van der Waals surface area contributed by atoms with Crippen molar-refractivity contribution in [1.82, 2.24) is 5.32 Å². The lowest BCUT2D eigenvalue weighted by Crippen LogP contribution is -2.47. The summed E-state index contributed by atoms with van der Waals surface area (Å²) in [4.78, 5) is 0. The van der Waals surface area contributed by atoms with Crippen molar-refractivity contribution in [1.29, 1.82) is 0 Å². The van der Waals surface area contributed by atoms with Crippen LogP contribution in [-0.4, -0.2) is 30.6 Å². The predicted octanol–water partition coefficient (Wildman–Crippen LogP) is 1.46. The maximum Gasteiger partial charge on any atom is 0.0209 e. The van der Waals surface area contributed by atoms with Crippen LogP contribution in [0.5, 0.6) is 0 Å². The SMILES string of the molecule is CC1(C)CCSCC1NCCCN. The van der Waals surface area contributed by atoms with E-state index in [0.29, 0.717) is 11.5 Å². The molecule has 1 aliphatic rings. The van der Waals surface area contributed by atoms with Crippen molar-refractivity contribution in [2.75, 3.05) is 24.6 Å². The third kappa shape index (κ3) is 3.49. The minimum atomic E-state index is 0.472. The molecule has 1 fully saturated rings. The molecular weight excluding hydrogens is 180 g/mol. The van der Waals surface area contributed by atoms with E-state index in [9.17, 15) is 0 Å². The first-order valence-electron chi connectivity index (χ1n) is 5.18. The monoisotopic (exact) mass is 202 g/mol. The predicted molar refractivity (Wildman–Crippen MR) is 61.2 cm³/mol. The molecule has 1 atom stereocenters. The molecule has 1 heterocycles. The van der Waals surface area contributed by atoms with Crippen LogP contribution in [0.25, 0.3) is 0 Å². The zero-order valence-electron chi connectivity index (χ0n) is 8.81. The lowest BCUT2D eigenvalue weighted by molar-refractivity contribution is 0.246. The van der Waals surface area contributed by atoms with Crippen LogP contribution in [0.3, 0.4) is 0 Å². The van der Waals surface area contributed by atoms with Crippen LogP contribution >= 0.6 is 11.8 Å². The summed E-state index contributed by atoms with van der Waals surface area (Å²) in [6.07, 6.45) is 2.43. The van der Waals surface area contributed by atoms with E-state index in [2.05, 4.69) is 30.9 Å². The number of nitrogens with two attached hydrogens (primary N) is 1. The highest BCUT2D eigenvalue weighted by atomic mass is 32.2. The third-order valence-corrected chi connectivity index (χ3v) is 3.95. The van der Waals surface area contributed by atoms with E-state index in [1.54, 1.807) is 0 Å². The van der Waals surface area contributed by atoms with Crippen LogP contribution in [0.2, 0.25) is 0 Å². The van der Waals surface area contributed by atoms with Gasteiger partial charge in [0.05, 0.1) is 0 Å². The summed E-state index contributed by atoms with van der Waals surface area (Å²) in [6.45, 7) is 6.61. The Bertz CT molecular complexity index is 148. The Hall–Kier alpha value is 0.270. The second kappa shape index (κ2) is 5.23. The van der Waals surface area contributed by atoms with Gasteiger partial charge in [-0.15, -0.1) is 0 Å². The minimum absolute atomic E-state index is 0.472. The molecule has 1 unspecified atom stereocenters. The molecule has 0 spiro atoms. The molecule has 0 radical (unpaired) electrons. The number of thioether (sulfide) groups is 1. The average Bonchev–Trinajstić information content (AvgIpc) is 2.08. The zero-order chi connectivity index (χ0) is 9.73. The van der Waals surface area contributed by atoms with Crippen molar-refractivity contribution in [2.45, 2.75) is 32.7 Å². The Morgan fingerprint density at radius 2 is 2.31 bits per heavy atom. The van der Waals surface area contributed by atoms with Gasteiger partial charge in [-0.3, -0.25) is 0 Å². The van der Waals surface area contributed by atoms with Gasteiger partial charge in [-0.05, 0) is 37.1 Å². The fourth-order valence-corrected chi connectivity index (χ4v) is 3.29. The van der Waals surface area contributed by atoms with Crippen LogP contribution in [0, 0.1) is 5.41 Å². The van der Waals surface area contributed by atoms with Crippen LogP contribution in [-0.2, 0) is 0 Å². The molecule has 78 valence electrons. The first-order valence-corrected chi connectivity index (χ1v) is 6.33. The van der Waals surface area contributed by atoms with Crippen LogP contribution < -0.4 is 11.1 Å². The Kier molecular flexibility index (Phi) is 4.56. The molecule has 0 bridgehead atoms. The van der Waals surface area contributed by atoms with Crippen LogP contribution in [0.1, 0.15) is 26.7 Å². The number of rotatable bonds is 4. The fraction of sp³-hybridized carbons (Fsp3) is 1.00. The highest BCUT2D eigenvalue weighted by molar-refractivity contribution is 7.99. The molecule has 2 nitrogen and oxygen atoms in total. The van der Waals surface area contributed by atoms with Gasteiger partial charge in [0, 0.05) is 11.8 Å². The van der Waals surface area contributed by atoms with Crippen molar-refractivity contribution in [3.63, 3.8) is 0 Å². The quantitative estimate of drug-likeness (QED) is 0.678. The van der Waals surface area contributed by atoms with Crippen molar-refractivity contribution in [3.05, 3.63) is 0 Å². The molecule has 3 heteroatoms. The van der Waals surface area contributed by atoms with E-state index in [1.165, 1.54) is 17.9 Å². The highest BCUT2D eigenvalue weighted by Gasteiger charge is 2.31. The van der Waals surface area contributed by atoms with Crippen LogP contribution in [0.15, 0.2) is 0 Å². The van der Waals surface area contributed by atoms with Gasteiger partial charge in [0.2, 0.25) is 0 Å². The summed E-state index contributed by atoms with van der Waals surface area (Å²) in [5.41, 5.74) is 5.94. The minimum Gasteiger partial charge on any atom is -0.330 e. The number of hydrogen-bond donors (Lipinski definition) is 2. The summed E-state index contributed by atoms with van der Waals surface area (Å²) in [5.74, 6) is 2.58. The number of hydrogen-bond acceptors (Lipinski definition) is 3. The van der Waals surface area contributed by atoms with E-state index < -0.39 is 0 Å². The van der Waals surface area contributed by atoms with E-state index in [4.69, 9.17) is 5.73 Å². The Labute approximate surface area is 86.0 Å². The topological polar surface area (TPSA) is 38.0 Å². The summed E-state index contributed by atoms with van der Waals surface area (Å²) in [5, 5.41) is 3.61. The normalized spacial score (nSPS) is 27.5. The van der Waals surface area contributed by atoms with E-state index >= 15 is 0 Å². The van der Waals surface area contributed by atoms with Gasteiger partial charge in [0.25, 0.3) is 0 Å².